The predicted octanol–water partition coefficient (Wildman–Crippen LogP) is 3.94. The lowest BCUT2D eigenvalue weighted by atomic mass is 9.88. The summed E-state index contributed by atoms with van der Waals surface area (Å²) in [4.78, 5) is 0. The Morgan fingerprint density at radius 1 is 1.00 bits per heavy atom. The summed E-state index contributed by atoms with van der Waals surface area (Å²) in [5.74, 6) is 4.32. The van der Waals surface area contributed by atoms with E-state index in [0.29, 0.717) is 0 Å². The van der Waals surface area contributed by atoms with Gasteiger partial charge in [-0.05, 0) is 85.5 Å². The third-order valence-electron chi connectivity index (χ3n) is 6.56. The lowest BCUT2D eigenvalue weighted by molar-refractivity contribution is 0.391. The maximum absolute atomic E-state index is 4.04. The normalized spacial score (nSPS) is 44.2. The van der Waals surface area contributed by atoms with Crippen molar-refractivity contribution in [2.24, 2.45) is 23.7 Å². The van der Waals surface area contributed by atoms with Gasteiger partial charge < -0.3 is 5.32 Å². The minimum absolute atomic E-state index is 0.735. The van der Waals surface area contributed by atoms with E-state index < -0.39 is 0 Å². The molecule has 20 heavy (non-hydrogen) atoms. The third kappa shape index (κ3) is 1.77. The van der Waals surface area contributed by atoms with Crippen LogP contribution < -0.4 is 5.32 Å². The van der Waals surface area contributed by atoms with Crippen molar-refractivity contribution in [3.8, 4) is 0 Å². The molecule has 0 aliphatic heterocycles. The molecule has 2 bridgehead atoms. The van der Waals surface area contributed by atoms with Crippen molar-refractivity contribution < 1.29 is 0 Å². The summed E-state index contributed by atoms with van der Waals surface area (Å²) >= 11 is 3.59. The number of fused-ring (bicyclic) bond motifs is 6. The van der Waals surface area contributed by atoms with Crippen LogP contribution in [0.25, 0.3) is 0 Å². The van der Waals surface area contributed by atoms with E-state index in [1.54, 1.807) is 17.5 Å². The minimum atomic E-state index is 0.735. The molecule has 1 nitrogen and oxygen atoms in total. The fourth-order valence-corrected chi connectivity index (χ4v) is 6.09. The standard InChI is InChI=1S/C18H22BrN/c19-14-5-3-11-9-15(6-4-10(11)8-14)20-18-16-12-1-2-13(7-12)17(16)18/h3,5,8,12-13,15-18,20H,1-2,4,6-7,9H2. The van der Waals surface area contributed by atoms with Gasteiger partial charge in [-0.3, -0.25) is 0 Å². The van der Waals surface area contributed by atoms with E-state index in [4.69, 9.17) is 0 Å². The summed E-state index contributed by atoms with van der Waals surface area (Å²) in [5, 5.41) is 4.04. The summed E-state index contributed by atoms with van der Waals surface area (Å²) in [6.07, 6.45) is 8.45. The molecule has 3 saturated carbocycles. The van der Waals surface area contributed by atoms with Gasteiger partial charge in [-0.2, -0.15) is 0 Å². The van der Waals surface area contributed by atoms with Crippen molar-refractivity contribution in [2.45, 2.75) is 50.6 Å². The number of nitrogens with one attached hydrogen (secondary N) is 1. The molecule has 0 radical (unpaired) electrons. The second-order valence-electron chi connectivity index (χ2n) is 7.53. The molecule has 4 aliphatic rings. The van der Waals surface area contributed by atoms with E-state index >= 15 is 0 Å². The van der Waals surface area contributed by atoms with Gasteiger partial charge in [0.25, 0.3) is 0 Å². The van der Waals surface area contributed by atoms with Gasteiger partial charge in [0.15, 0.2) is 0 Å². The quantitative estimate of drug-likeness (QED) is 0.865. The van der Waals surface area contributed by atoms with Crippen LogP contribution >= 0.6 is 15.9 Å². The largest absolute Gasteiger partial charge is 0.310 e. The van der Waals surface area contributed by atoms with Crippen LogP contribution in [0.15, 0.2) is 22.7 Å². The van der Waals surface area contributed by atoms with E-state index in [0.717, 1.165) is 35.8 Å². The summed E-state index contributed by atoms with van der Waals surface area (Å²) in [6, 6.07) is 8.47. The van der Waals surface area contributed by atoms with Crippen LogP contribution in [0.3, 0.4) is 0 Å². The number of hydrogen-bond acceptors (Lipinski definition) is 1. The fraction of sp³-hybridized carbons (Fsp3) is 0.667. The smallest absolute Gasteiger partial charge is 0.0178 e. The van der Waals surface area contributed by atoms with Crippen LogP contribution in [0.1, 0.15) is 36.8 Å². The number of halogens is 1. The molecule has 4 aliphatic carbocycles. The van der Waals surface area contributed by atoms with Crippen molar-refractivity contribution in [3.63, 3.8) is 0 Å². The molecule has 1 aromatic rings. The fourth-order valence-electron chi connectivity index (χ4n) is 5.69. The van der Waals surface area contributed by atoms with Gasteiger partial charge in [0.1, 0.15) is 0 Å². The number of hydrogen-bond donors (Lipinski definition) is 1. The Morgan fingerprint density at radius 3 is 2.60 bits per heavy atom. The van der Waals surface area contributed by atoms with Gasteiger partial charge in [-0.25, -0.2) is 0 Å². The first-order chi connectivity index (χ1) is 9.79. The van der Waals surface area contributed by atoms with Gasteiger partial charge in [-0.15, -0.1) is 0 Å². The maximum Gasteiger partial charge on any atom is 0.0178 e. The van der Waals surface area contributed by atoms with Crippen molar-refractivity contribution in [1.82, 2.24) is 5.32 Å². The molecule has 2 heteroatoms. The lowest BCUT2D eigenvalue weighted by Crippen LogP contribution is -2.38. The Hall–Kier alpha value is -0.340. The van der Waals surface area contributed by atoms with Crippen molar-refractivity contribution in [2.75, 3.05) is 0 Å². The zero-order valence-corrected chi connectivity index (χ0v) is 13.4. The summed E-state index contributed by atoms with van der Waals surface area (Å²) in [5.41, 5.74) is 3.14. The zero-order valence-electron chi connectivity index (χ0n) is 11.8. The van der Waals surface area contributed by atoms with E-state index in [1.807, 2.05) is 0 Å². The Balaban J connectivity index is 1.28. The molecule has 1 aromatic carbocycles. The van der Waals surface area contributed by atoms with E-state index in [2.05, 4.69) is 39.4 Å². The lowest BCUT2D eigenvalue weighted by Gasteiger charge is -2.27. The molecular formula is C18H22BrN. The van der Waals surface area contributed by atoms with Gasteiger partial charge >= 0.3 is 0 Å². The Labute approximate surface area is 129 Å². The Kier molecular flexibility index (Phi) is 2.65. The minimum Gasteiger partial charge on any atom is -0.310 e. The molecule has 5 atom stereocenters. The first-order valence-electron chi connectivity index (χ1n) is 8.33. The molecule has 5 rings (SSSR count). The van der Waals surface area contributed by atoms with Crippen LogP contribution in [-0.4, -0.2) is 12.1 Å². The van der Waals surface area contributed by atoms with E-state index in [1.165, 1.54) is 36.6 Å². The molecule has 1 N–H and O–H groups in total. The Morgan fingerprint density at radius 2 is 1.80 bits per heavy atom. The molecule has 0 aromatic heterocycles. The van der Waals surface area contributed by atoms with Crippen LogP contribution in [0, 0.1) is 23.7 Å². The first kappa shape index (κ1) is 12.2. The first-order valence-corrected chi connectivity index (χ1v) is 9.12. The molecule has 0 saturated heterocycles. The second-order valence-corrected chi connectivity index (χ2v) is 8.45. The number of aryl methyl sites for hydroxylation is 1. The molecule has 0 spiro atoms. The summed E-state index contributed by atoms with van der Waals surface area (Å²) < 4.78 is 1.23. The Bertz CT molecular complexity index is 538. The molecule has 106 valence electrons. The van der Waals surface area contributed by atoms with Crippen molar-refractivity contribution in [1.29, 1.82) is 0 Å². The molecular weight excluding hydrogens is 310 g/mol. The van der Waals surface area contributed by atoms with Gasteiger partial charge in [0.2, 0.25) is 0 Å². The van der Waals surface area contributed by atoms with Crippen LogP contribution in [0.5, 0.6) is 0 Å². The second kappa shape index (κ2) is 4.33. The summed E-state index contributed by atoms with van der Waals surface area (Å²) in [7, 11) is 0. The molecule has 3 fully saturated rings. The van der Waals surface area contributed by atoms with Crippen molar-refractivity contribution >= 4 is 15.9 Å². The topological polar surface area (TPSA) is 12.0 Å². The van der Waals surface area contributed by atoms with Gasteiger partial charge in [0, 0.05) is 16.6 Å². The zero-order chi connectivity index (χ0) is 13.3. The number of benzene rings is 1. The monoisotopic (exact) mass is 331 g/mol. The molecule has 5 unspecified atom stereocenters. The molecule has 0 amide bonds. The highest BCUT2D eigenvalue weighted by molar-refractivity contribution is 9.10. The van der Waals surface area contributed by atoms with Crippen LogP contribution in [0.2, 0.25) is 0 Å². The summed E-state index contributed by atoms with van der Waals surface area (Å²) in [6.45, 7) is 0. The van der Waals surface area contributed by atoms with Gasteiger partial charge in [0.05, 0.1) is 0 Å². The average Bonchev–Trinajstić information content (AvgIpc) is 2.83. The highest BCUT2D eigenvalue weighted by atomic mass is 79.9. The number of rotatable bonds is 2. The average molecular weight is 332 g/mol. The van der Waals surface area contributed by atoms with Crippen LogP contribution in [0.4, 0.5) is 0 Å². The van der Waals surface area contributed by atoms with E-state index in [-0.39, 0.29) is 0 Å². The van der Waals surface area contributed by atoms with Crippen molar-refractivity contribution in [3.05, 3.63) is 33.8 Å². The highest BCUT2D eigenvalue weighted by Gasteiger charge is 2.64. The predicted molar refractivity (Wildman–Crippen MR) is 84.7 cm³/mol. The highest BCUT2D eigenvalue weighted by Crippen LogP contribution is 2.65. The van der Waals surface area contributed by atoms with E-state index in [9.17, 15) is 0 Å². The maximum atomic E-state index is 4.04. The van der Waals surface area contributed by atoms with Gasteiger partial charge in [-0.1, -0.05) is 22.0 Å². The SMILES string of the molecule is Brc1ccc2c(c1)CCC(NC1C3C4CCC(C4)C13)C2. The van der Waals surface area contributed by atoms with Crippen LogP contribution in [-0.2, 0) is 12.8 Å². The molecule has 0 heterocycles. The third-order valence-corrected chi connectivity index (χ3v) is 7.05.